The number of aromatic hydroxyl groups is 1. The van der Waals surface area contributed by atoms with Crippen LogP contribution < -0.4 is 15.4 Å². The SMILES string of the molecule is CCNC(=NCc1cccc(OC)c1O)N1CCN(CC(=O)NCCOC)CC1.I. The van der Waals surface area contributed by atoms with Gasteiger partial charge in [0.05, 0.1) is 26.8 Å². The number of hydrogen-bond acceptors (Lipinski definition) is 6. The number of piperazine rings is 1. The van der Waals surface area contributed by atoms with E-state index in [1.165, 1.54) is 7.11 Å². The highest BCUT2D eigenvalue weighted by atomic mass is 127. The summed E-state index contributed by atoms with van der Waals surface area (Å²) >= 11 is 0. The second kappa shape index (κ2) is 14.3. The first-order valence-electron chi connectivity index (χ1n) is 9.95. The van der Waals surface area contributed by atoms with Crippen LogP contribution in [0.25, 0.3) is 0 Å². The van der Waals surface area contributed by atoms with Crippen molar-refractivity contribution < 1.29 is 19.4 Å². The highest BCUT2D eigenvalue weighted by Crippen LogP contribution is 2.29. The van der Waals surface area contributed by atoms with Crippen LogP contribution in [-0.4, -0.2) is 93.4 Å². The minimum absolute atomic E-state index is 0. The number of rotatable bonds is 9. The molecule has 30 heavy (non-hydrogen) atoms. The molecule has 0 radical (unpaired) electrons. The lowest BCUT2D eigenvalue weighted by molar-refractivity contribution is -0.122. The van der Waals surface area contributed by atoms with E-state index in [-0.39, 0.29) is 35.6 Å². The molecule has 0 unspecified atom stereocenters. The average molecular weight is 535 g/mol. The Hall–Kier alpha value is -1.79. The molecule has 0 spiro atoms. The number of methoxy groups -OCH3 is 2. The highest BCUT2D eigenvalue weighted by molar-refractivity contribution is 14.0. The summed E-state index contributed by atoms with van der Waals surface area (Å²) in [5.74, 6) is 1.39. The molecule has 1 fully saturated rings. The lowest BCUT2D eigenvalue weighted by Crippen LogP contribution is -2.54. The summed E-state index contributed by atoms with van der Waals surface area (Å²) in [6.45, 7) is 7.71. The molecule has 0 bridgehead atoms. The van der Waals surface area contributed by atoms with Gasteiger partial charge >= 0.3 is 0 Å². The summed E-state index contributed by atoms with van der Waals surface area (Å²) < 4.78 is 10.1. The molecule has 0 aromatic heterocycles. The second-order valence-corrected chi connectivity index (χ2v) is 6.74. The number of phenols is 1. The normalized spacial score (nSPS) is 14.8. The minimum atomic E-state index is 0. The number of carbonyl (C=O) groups is 1. The van der Waals surface area contributed by atoms with Crippen molar-refractivity contribution in [3.05, 3.63) is 23.8 Å². The number of nitrogens with zero attached hydrogens (tertiary/aromatic N) is 3. The lowest BCUT2D eigenvalue weighted by atomic mass is 10.2. The molecule has 0 saturated carbocycles. The van der Waals surface area contributed by atoms with Crippen LogP contribution in [0.15, 0.2) is 23.2 Å². The third-order valence-corrected chi connectivity index (χ3v) is 4.70. The fourth-order valence-electron chi connectivity index (χ4n) is 3.12. The zero-order chi connectivity index (χ0) is 21.1. The van der Waals surface area contributed by atoms with E-state index < -0.39 is 0 Å². The number of benzene rings is 1. The first-order chi connectivity index (χ1) is 14.1. The van der Waals surface area contributed by atoms with Gasteiger partial charge in [-0.15, -0.1) is 24.0 Å². The molecule has 9 nitrogen and oxygen atoms in total. The van der Waals surface area contributed by atoms with E-state index in [2.05, 4.69) is 25.4 Å². The van der Waals surface area contributed by atoms with E-state index in [0.29, 0.717) is 37.6 Å². The summed E-state index contributed by atoms with van der Waals surface area (Å²) in [4.78, 5) is 21.0. The average Bonchev–Trinajstić information content (AvgIpc) is 2.73. The maximum atomic E-state index is 12.0. The highest BCUT2D eigenvalue weighted by Gasteiger charge is 2.21. The number of hydrogen-bond donors (Lipinski definition) is 3. The van der Waals surface area contributed by atoms with Crippen molar-refractivity contribution in [2.45, 2.75) is 13.5 Å². The van der Waals surface area contributed by atoms with E-state index in [9.17, 15) is 9.90 Å². The van der Waals surface area contributed by atoms with E-state index >= 15 is 0 Å². The Balaban J connectivity index is 0.00000450. The molecule has 1 aromatic rings. The Morgan fingerprint density at radius 1 is 1.20 bits per heavy atom. The Bertz CT molecular complexity index is 681. The van der Waals surface area contributed by atoms with Crippen LogP contribution in [0, 0.1) is 0 Å². The number of phenolic OH excluding ortho intramolecular Hbond substituents is 1. The molecule has 170 valence electrons. The van der Waals surface area contributed by atoms with Gasteiger partial charge in [-0.1, -0.05) is 12.1 Å². The van der Waals surface area contributed by atoms with Crippen LogP contribution in [0.1, 0.15) is 12.5 Å². The third-order valence-electron chi connectivity index (χ3n) is 4.70. The Kier molecular flexibility index (Phi) is 12.5. The number of guanidine groups is 1. The molecule has 2 rings (SSSR count). The predicted molar refractivity (Wildman–Crippen MR) is 128 cm³/mol. The monoisotopic (exact) mass is 535 g/mol. The van der Waals surface area contributed by atoms with Crippen LogP contribution >= 0.6 is 24.0 Å². The fourth-order valence-corrected chi connectivity index (χ4v) is 3.12. The van der Waals surface area contributed by atoms with Gasteiger partial charge < -0.3 is 30.1 Å². The van der Waals surface area contributed by atoms with Gasteiger partial charge in [0.2, 0.25) is 5.91 Å². The van der Waals surface area contributed by atoms with Gasteiger partial charge in [0.1, 0.15) is 0 Å². The maximum Gasteiger partial charge on any atom is 0.234 e. The van der Waals surface area contributed by atoms with Crippen molar-refractivity contribution in [3.63, 3.8) is 0 Å². The molecule has 1 saturated heterocycles. The number of nitrogens with one attached hydrogen (secondary N) is 2. The molecule has 1 aliphatic heterocycles. The summed E-state index contributed by atoms with van der Waals surface area (Å²) in [6, 6.07) is 5.40. The molecule has 1 amide bonds. The topological polar surface area (TPSA) is 98.7 Å². The second-order valence-electron chi connectivity index (χ2n) is 6.74. The first-order valence-corrected chi connectivity index (χ1v) is 9.95. The van der Waals surface area contributed by atoms with Gasteiger partial charge in [-0.3, -0.25) is 9.69 Å². The number of aliphatic imine (C=N–C) groups is 1. The first kappa shape index (κ1) is 26.2. The van der Waals surface area contributed by atoms with Crippen molar-refractivity contribution in [1.82, 2.24) is 20.4 Å². The molecule has 1 heterocycles. The van der Waals surface area contributed by atoms with Gasteiger partial charge in [-0.05, 0) is 13.0 Å². The Labute approximate surface area is 195 Å². The smallest absolute Gasteiger partial charge is 0.234 e. The van der Waals surface area contributed by atoms with Crippen LogP contribution in [0.3, 0.4) is 0 Å². The fraction of sp³-hybridized carbons (Fsp3) is 0.600. The number of ether oxygens (including phenoxy) is 2. The predicted octanol–water partition coefficient (Wildman–Crippen LogP) is 0.865. The summed E-state index contributed by atoms with van der Waals surface area (Å²) in [5.41, 5.74) is 0.714. The van der Waals surface area contributed by atoms with Gasteiger partial charge in [0.15, 0.2) is 17.5 Å². The van der Waals surface area contributed by atoms with Crippen LogP contribution in [0.4, 0.5) is 0 Å². The Morgan fingerprint density at radius 3 is 2.57 bits per heavy atom. The number of halogens is 1. The number of carbonyl (C=O) groups excluding carboxylic acids is 1. The summed E-state index contributed by atoms with van der Waals surface area (Å²) in [7, 11) is 3.15. The van der Waals surface area contributed by atoms with E-state index in [1.54, 1.807) is 13.2 Å². The Morgan fingerprint density at radius 2 is 1.93 bits per heavy atom. The van der Waals surface area contributed by atoms with E-state index in [1.807, 2.05) is 19.1 Å². The molecule has 1 aromatic carbocycles. The largest absolute Gasteiger partial charge is 0.504 e. The van der Waals surface area contributed by atoms with Gasteiger partial charge in [-0.25, -0.2) is 4.99 Å². The molecule has 1 aliphatic rings. The quantitative estimate of drug-likeness (QED) is 0.187. The van der Waals surface area contributed by atoms with Gasteiger partial charge in [0, 0.05) is 51.9 Å². The number of amides is 1. The zero-order valence-electron chi connectivity index (χ0n) is 18.0. The lowest BCUT2D eigenvalue weighted by Gasteiger charge is -2.36. The van der Waals surface area contributed by atoms with Crippen molar-refractivity contribution in [2.75, 3.05) is 66.6 Å². The molecular formula is C20H34IN5O4. The number of para-hydroxylation sites is 1. The van der Waals surface area contributed by atoms with Crippen molar-refractivity contribution in [3.8, 4) is 11.5 Å². The van der Waals surface area contributed by atoms with Crippen LogP contribution in [0.5, 0.6) is 11.5 Å². The molecule has 0 aliphatic carbocycles. The summed E-state index contributed by atoms with van der Waals surface area (Å²) in [6.07, 6.45) is 0. The van der Waals surface area contributed by atoms with Crippen molar-refractivity contribution >= 4 is 35.8 Å². The third kappa shape index (κ3) is 8.15. The van der Waals surface area contributed by atoms with Crippen LogP contribution in [-0.2, 0) is 16.1 Å². The van der Waals surface area contributed by atoms with Crippen molar-refractivity contribution in [1.29, 1.82) is 0 Å². The van der Waals surface area contributed by atoms with E-state index in [4.69, 9.17) is 9.47 Å². The molecule has 3 N–H and O–H groups in total. The van der Waals surface area contributed by atoms with Crippen LogP contribution in [0.2, 0.25) is 0 Å². The zero-order valence-corrected chi connectivity index (χ0v) is 20.3. The molecule has 10 heteroatoms. The van der Waals surface area contributed by atoms with Gasteiger partial charge in [0.25, 0.3) is 0 Å². The van der Waals surface area contributed by atoms with Crippen molar-refractivity contribution in [2.24, 2.45) is 4.99 Å². The minimum Gasteiger partial charge on any atom is -0.504 e. The standard InChI is InChI=1S/C20H33N5O4.HI/c1-4-21-20(23-14-16-6-5-7-17(29-3)19(16)27)25-11-9-24(10-12-25)15-18(26)22-8-13-28-2;/h5-7,27H,4,8-15H2,1-3H3,(H,21,23)(H,22,26);1H. The maximum absolute atomic E-state index is 12.0. The molecular weight excluding hydrogens is 501 g/mol. The van der Waals surface area contributed by atoms with Gasteiger partial charge in [-0.2, -0.15) is 0 Å². The van der Waals surface area contributed by atoms with E-state index in [0.717, 1.165) is 38.7 Å². The summed E-state index contributed by atoms with van der Waals surface area (Å²) in [5, 5.41) is 16.4. The molecule has 0 atom stereocenters.